The molecule has 8 nitrogen and oxygen atoms in total. The summed E-state index contributed by atoms with van der Waals surface area (Å²) < 4.78 is 49.2. The van der Waals surface area contributed by atoms with E-state index in [9.17, 15) is 17.6 Å². The van der Waals surface area contributed by atoms with Gasteiger partial charge in [-0.2, -0.15) is 4.98 Å². The molecule has 1 N–H and O–H groups in total. The molecular formula is C18H16FN3O5S. The van der Waals surface area contributed by atoms with Crippen molar-refractivity contribution >= 4 is 16.0 Å². The number of hydrogen-bond donors (Lipinski definition) is 1. The minimum atomic E-state index is -3.83. The van der Waals surface area contributed by atoms with Crippen molar-refractivity contribution in [1.29, 1.82) is 0 Å². The maximum absolute atomic E-state index is 12.9. The highest BCUT2D eigenvalue weighted by molar-refractivity contribution is 7.89. The Morgan fingerprint density at radius 1 is 1.11 bits per heavy atom. The lowest BCUT2D eigenvalue weighted by molar-refractivity contribution is -0.145. The number of carbonyl (C=O) groups is 1. The average Bonchev–Trinajstić information content (AvgIpc) is 3.16. The van der Waals surface area contributed by atoms with Crippen molar-refractivity contribution in [3.8, 4) is 11.4 Å². The number of carbonyl (C=O) groups excluding carboxylic acids is 1. The number of ether oxygens (including phenoxy) is 1. The minimum Gasteiger partial charge on any atom is -0.456 e. The van der Waals surface area contributed by atoms with Crippen molar-refractivity contribution in [1.82, 2.24) is 14.9 Å². The lowest BCUT2D eigenvalue weighted by Crippen LogP contribution is -2.26. The van der Waals surface area contributed by atoms with Gasteiger partial charge < -0.3 is 9.26 Å². The van der Waals surface area contributed by atoms with Gasteiger partial charge in [-0.25, -0.2) is 17.5 Å². The molecular weight excluding hydrogens is 389 g/mol. The fourth-order valence-electron chi connectivity index (χ4n) is 2.22. The van der Waals surface area contributed by atoms with Crippen LogP contribution in [0.1, 0.15) is 12.3 Å². The van der Waals surface area contributed by atoms with Crippen molar-refractivity contribution in [3.05, 3.63) is 66.3 Å². The molecule has 0 amide bonds. The molecule has 0 aliphatic heterocycles. The third-order valence-corrected chi connectivity index (χ3v) is 5.08. The van der Waals surface area contributed by atoms with E-state index in [1.54, 1.807) is 0 Å². The van der Waals surface area contributed by atoms with E-state index >= 15 is 0 Å². The smallest absolute Gasteiger partial charge is 0.307 e. The van der Waals surface area contributed by atoms with Crippen molar-refractivity contribution in [2.45, 2.75) is 17.9 Å². The highest BCUT2D eigenvalue weighted by Gasteiger charge is 2.15. The SMILES string of the molecule is O=C(CCNS(=O)(=O)c1ccc(F)cc1)OCc1nc(-c2ccccc2)no1. The monoisotopic (exact) mass is 405 g/mol. The van der Waals surface area contributed by atoms with E-state index in [0.717, 1.165) is 29.8 Å². The molecule has 2 aromatic carbocycles. The van der Waals surface area contributed by atoms with Gasteiger partial charge in [-0.15, -0.1) is 0 Å². The maximum atomic E-state index is 12.9. The average molecular weight is 405 g/mol. The highest BCUT2D eigenvalue weighted by atomic mass is 32.2. The Balaban J connectivity index is 1.45. The Kier molecular flexibility index (Phi) is 6.12. The summed E-state index contributed by atoms with van der Waals surface area (Å²) in [5.74, 6) is -0.682. The first-order valence-corrected chi connectivity index (χ1v) is 9.71. The minimum absolute atomic E-state index is 0.0958. The highest BCUT2D eigenvalue weighted by Crippen LogP contribution is 2.15. The summed E-state index contributed by atoms with van der Waals surface area (Å²) in [5.41, 5.74) is 0.763. The van der Waals surface area contributed by atoms with Crippen LogP contribution in [0.4, 0.5) is 4.39 Å². The topological polar surface area (TPSA) is 111 Å². The van der Waals surface area contributed by atoms with Crippen LogP contribution in [0.25, 0.3) is 11.4 Å². The third-order valence-electron chi connectivity index (χ3n) is 3.60. The van der Waals surface area contributed by atoms with E-state index in [4.69, 9.17) is 9.26 Å². The van der Waals surface area contributed by atoms with Gasteiger partial charge in [0.1, 0.15) is 5.82 Å². The number of sulfonamides is 1. The van der Waals surface area contributed by atoms with Gasteiger partial charge in [0.25, 0.3) is 5.89 Å². The molecule has 0 unspecified atom stereocenters. The van der Waals surface area contributed by atoms with E-state index in [1.807, 2.05) is 30.3 Å². The van der Waals surface area contributed by atoms with Gasteiger partial charge in [0.15, 0.2) is 6.61 Å². The van der Waals surface area contributed by atoms with Crippen LogP contribution in [0, 0.1) is 5.82 Å². The standard InChI is InChI=1S/C18H16FN3O5S/c19-14-6-8-15(9-7-14)28(24,25)20-11-10-17(23)26-12-16-21-18(22-27-16)13-4-2-1-3-5-13/h1-9,20H,10-12H2. The zero-order chi connectivity index (χ0) is 20.0. The molecule has 0 fully saturated rings. The van der Waals surface area contributed by atoms with E-state index in [0.29, 0.717) is 5.82 Å². The molecule has 0 saturated carbocycles. The van der Waals surface area contributed by atoms with Crippen molar-refractivity contribution < 1.29 is 26.9 Å². The molecule has 0 bridgehead atoms. The Bertz CT molecular complexity index is 1040. The zero-order valence-electron chi connectivity index (χ0n) is 14.5. The number of aromatic nitrogens is 2. The lowest BCUT2D eigenvalue weighted by atomic mass is 10.2. The molecule has 1 aromatic heterocycles. The number of benzene rings is 2. The second kappa shape index (κ2) is 8.72. The molecule has 146 valence electrons. The number of nitrogens with one attached hydrogen (secondary N) is 1. The Labute approximate surface area is 160 Å². The van der Waals surface area contributed by atoms with Crippen LogP contribution in [0.2, 0.25) is 0 Å². The van der Waals surface area contributed by atoms with E-state index in [-0.39, 0.29) is 30.4 Å². The first-order chi connectivity index (χ1) is 13.4. The Morgan fingerprint density at radius 2 is 1.82 bits per heavy atom. The van der Waals surface area contributed by atoms with Crippen LogP contribution in [-0.2, 0) is 26.2 Å². The van der Waals surface area contributed by atoms with Gasteiger partial charge in [0.05, 0.1) is 11.3 Å². The van der Waals surface area contributed by atoms with Crippen LogP contribution in [0.3, 0.4) is 0 Å². The number of esters is 1. The summed E-state index contributed by atoms with van der Waals surface area (Å²) in [4.78, 5) is 15.8. The van der Waals surface area contributed by atoms with Gasteiger partial charge in [0.2, 0.25) is 15.8 Å². The fourth-order valence-corrected chi connectivity index (χ4v) is 3.25. The molecule has 3 aromatic rings. The van der Waals surface area contributed by atoms with Gasteiger partial charge in [-0.1, -0.05) is 35.5 Å². The molecule has 1 heterocycles. The summed E-state index contributed by atoms with van der Waals surface area (Å²) in [7, 11) is -3.83. The predicted molar refractivity (Wildman–Crippen MR) is 95.7 cm³/mol. The van der Waals surface area contributed by atoms with Crippen LogP contribution in [0.5, 0.6) is 0 Å². The zero-order valence-corrected chi connectivity index (χ0v) is 15.4. The summed E-state index contributed by atoms with van der Waals surface area (Å²) in [6.07, 6.45) is -0.194. The number of hydrogen-bond acceptors (Lipinski definition) is 7. The first kappa shape index (κ1) is 19.6. The van der Waals surface area contributed by atoms with Crippen LogP contribution >= 0.6 is 0 Å². The molecule has 0 aliphatic carbocycles. The normalized spacial score (nSPS) is 11.3. The molecule has 0 radical (unpaired) electrons. The summed E-state index contributed by atoms with van der Waals surface area (Å²) >= 11 is 0. The fraction of sp³-hybridized carbons (Fsp3) is 0.167. The predicted octanol–water partition coefficient (Wildman–Crippen LogP) is 2.29. The van der Waals surface area contributed by atoms with Crippen molar-refractivity contribution in [2.24, 2.45) is 0 Å². The van der Waals surface area contributed by atoms with E-state index in [2.05, 4.69) is 14.9 Å². The Morgan fingerprint density at radius 3 is 2.54 bits per heavy atom. The number of rotatable bonds is 8. The summed E-state index contributed by atoms with van der Waals surface area (Å²) in [6, 6.07) is 13.5. The largest absolute Gasteiger partial charge is 0.456 e. The Hall–Kier alpha value is -3.11. The van der Waals surface area contributed by atoms with Crippen LogP contribution in [0.15, 0.2) is 64.0 Å². The second-order valence-corrected chi connectivity index (χ2v) is 7.41. The van der Waals surface area contributed by atoms with Crippen LogP contribution in [-0.4, -0.2) is 31.1 Å². The van der Waals surface area contributed by atoms with Crippen molar-refractivity contribution in [3.63, 3.8) is 0 Å². The number of halogens is 1. The second-order valence-electron chi connectivity index (χ2n) is 5.64. The van der Waals surface area contributed by atoms with Gasteiger partial charge >= 0.3 is 5.97 Å². The van der Waals surface area contributed by atoms with Gasteiger partial charge in [-0.3, -0.25) is 4.79 Å². The molecule has 0 spiro atoms. The molecule has 10 heteroatoms. The van der Waals surface area contributed by atoms with Gasteiger partial charge in [-0.05, 0) is 24.3 Å². The lowest BCUT2D eigenvalue weighted by Gasteiger charge is -2.06. The van der Waals surface area contributed by atoms with Gasteiger partial charge in [0, 0.05) is 12.1 Å². The summed E-state index contributed by atoms with van der Waals surface area (Å²) in [6.45, 7) is -0.388. The molecule has 0 saturated heterocycles. The molecule has 28 heavy (non-hydrogen) atoms. The van der Waals surface area contributed by atoms with E-state index < -0.39 is 21.8 Å². The van der Waals surface area contributed by atoms with E-state index in [1.165, 1.54) is 0 Å². The quantitative estimate of drug-likeness (QED) is 0.572. The molecule has 3 rings (SSSR count). The maximum Gasteiger partial charge on any atom is 0.307 e. The number of nitrogens with zero attached hydrogens (tertiary/aromatic N) is 2. The third kappa shape index (κ3) is 5.21. The molecule has 0 aliphatic rings. The first-order valence-electron chi connectivity index (χ1n) is 8.23. The molecule has 0 atom stereocenters. The van der Waals surface area contributed by atoms with Crippen molar-refractivity contribution in [2.75, 3.05) is 6.54 Å². The summed E-state index contributed by atoms with van der Waals surface area (Å²) in [5, 5.41) is 3.80. The van der Waals surface area contributed by atoms with Crippen LogP contribution < -0.4 is 4.72 Å².